The zero-order chi connectivity index (χ0) is 6.85. The molecule has 0 fully saturated rings. The Morgan fingerprint density at radius 2 is 2.44 bits per heavy atom. The fourth-order valence-corrected chi connectivity index (χ4v) is 0.810. The number of hydrogen-bond acceptors (Lipinski definition) is 3. The van der Waals surface area contributed by atoms with Gasteiger partial charge in [-0.15, -0.1) is 0 Å². The maximum absolute atomic E-state index is 10.2. The Hall–Kier alpha value is -0.860. The Balaban J connectivity index is 2.61. The lowest BCUT2D eigenvalue weighted by molar-refractivity contribution is -0.110. The van der Waals surface area contributed by atoms with Crippen LogP contribution in [0.25, 0.3) is 0 Å². The Morgan fingerprint density at radius 1 is 1.78 bits per heavy atom. The van der Waals surface area contributed by atoms with Crippen LogP contribution in [0.15, 0.2) is 5.10 Å². The number of aldehydes is 1. The van der Waals surface area contributed by atoms with E-state index in [2.05, 4.69) is 5.10 Å². The van der Waals surface area contributed by atoms with Crippen LogP contribution in [0, 0.1) is 5.92 Å². The van der Waals surface area contributed by atoms with Crippen molar-refractivity contribution in [2.24, 2.45) is 11.0 Å². The van der Waals surface area contributed by atoms with E-state index in [1.54, 1.807) is 11.2 Å². The van der Waals surface area contributed by atoms with Crippen molar-refractivity contribution >= 4 is 12.5 Å². The highest BCUT2D eigenvalue weighted by Crippen LogP contribution is 2.11. The molecule has 2 unspecified atom stereocenters. The first kappa shape index (κ1) is 6.26. The molecule has 1 rings (SSSR count). The molecule has 0 saturated heterocycles. The van der Waals surface area contributed by atoms with E-state index in [1.807, 2.05) is 14.0 Å². The summed E-state index contributed by atoms with van der Waals surface area (Å²) in [6.07, 6.45) is 2.61. The van der Waals surface area contributed by atoms with Crippen molar-refractivity contribution < 1.29 is 4.79 Å². The van der Waals surface area contributed by atoms with Gasteiger partial charge in [0.25, 0.3) is 0 Å². The zero-order valence-corrected chi connectivity index (χ0v) is 5.61. The van der Waals surface area contributed by atoms with E-state index in [4.69, 9.17) is 0 Å². The van der Waals surface area contributed by atoms with E-state index in [9.17, 15) is 4.79 Å². The lowest BCUT2D eigenvalue weighted by atomic mass is 10.1. The third-order valence-corrected chi connectivity index (χ3v) is 1.72. The van der Waals surface area contributed by atoms with Gasteiger partial charge in [0.15, 0.2) is 0 Å². The van der Waals surface area contributed by atoms with Crippen LogP contribution in [0.2, 0.25) is 0 Å². The lowest BCUT2D eigenvalue weighted by Gasteiger charge is -2.15. The highest BCUT2D eigenvalue weighted by molar-refractivity contribution is 5.82. The van der Waals surface area contributed by atoms with Gasteiger partial charge in [0, 0.05) is 13.3 Å². The van der Waals surface area contributed by atoms with Gasteiger partial charge in [-0.2, -0.15) is 5.10 Å². The minimum Gasteiger partial charge on any atom is -0.303 e. The van der Waals surface area contributed by atoms with Gasteiger partial charge in [0.2, 0.25) is 0 Å². The quantitative estimate of drug-likeness (QED) is 0.467. The molecule has 1 aliphatic rings. The number of hydrogen-bond donors (Lipinski definition) is 0. The number of nitrogens with zero attached hydrogens (tertiary/aromatic N) is 2. The molecule has 50 valence electrons. The zero-order valence-electron chi connectivity index (χ0n) is 5.61. The smallest absolute Gasteiger partial charge is 0.130 e. The van der Waals surface area contributed by atoms with Gasteiger partial charge in [-0.1, -0.05) is 0 Å². The third-order valence-electron chi connectivity index (χ3n) is 1.72. The summed E-state index contributed by atoms with van der Waals surface area (Å²) in [6, 6.07) is 0.238. The number of rotatable bonds is 1. The fourth-order valence-electron chi connectivity index (χ4n) is 0.810. The molecule has 0 aromatic heterocycles. The van der Waals surface area contributed by atoms with Gasteiger partial charge in [0.1, 0.15) is 6.29 Å². The maximum atomic E-state index is 10.2. The SMILES string of the molecule is CC1C(C=O)C=NN1C. The first-order chi connectivity index (χ1) is 4.25. The van der Waals surface area contributed by atoms with E-state index >= 15 is 0 Å². The number of carbonyl (C=O) groups is 1. The molecule has 1 aliphatic heterocycles. The average Bonchev–Trinajstić information content (AvgIpc) is 2.15. The topological polar surface area (TPSA) is 32.7 Å². The molecular formula is C6H10N2O. The Kier molecular flexibility index (Phi) is 1.51. The summed E-state index contributed by atoms with van der Waals surface area (Å²) in [5.41, 5.74) is 0. The molecule has 9 heavy (non-hydrogen) atoms. The molecule has 0 saturated carbocycles. The molecular weight excluding hydrogens is 116 g/mol. The van der Waals surface area contributed by atoms with Gasteiger partial charge in [0.05, 0.1) is 12.0 Å². The van der Waals surface area contributed by atoms with Crippen molar-refractivity contribution in [3.63, 3.8) is 0 Å². The molecule has 0 aromatic carbocycles. The normalized spacial score (nSPS) is 33.3. The molecule has 3 nitrogen and oxygen atoms in total. The summed E-state index contributed by atoms with van der Waals surface area (Å²) in [4.78, 5) is 10.2. The van der Waals surface area contributed by atoms with Crippen molar-refractivity contribution in [2.75, 3.05) is 7.05 Å². The van der Waals surface area contributed by atoms with Crippen LogP contribution in [0.4, 0.5) is 0 Å². The maximum Gasteiger partial charge on any atom is 0.130 e. The first-order valence-corrected chi connectivity index (χ1v) is 2.98. The van der Waals surface area contributed by atoms with Gasteiger partial charge in [-0.05, 0) is 6.92 Å². The first-order valence-electron chi connectivity index (χ1n) is 2.98. The van der Waals surface area contributed by atoms with E-state index < -0.39 is 0 Å². The molecule has 3 heteroatoms. The summed E-state index contributed by atoms with van der Waals surface area (Å²) in [7, 11) is 1.87. The second kappa shape index (κ2) is 2.17. The summed E-state index contributed by atoms with van der Waals surface area (Å²) < 4.78 is 0. The average molecular weight is 126 g/mol. The predicted octanol–water partition coefficient (Wildman–Crippen LogP) is 0.121. The minimum atomic E-state index is -0.00463. The summed E-state index contributed by atoms with van der Waals surface area (Å²) in [6.45, 7) is 1.98. The Labute approximate surface area is 54.3 Å². The van der Waals surface area contributed by atoms with Crippen LogP contribution < -0.4 is 0 Å². The molecule has 0 N–H and O–H groups in total. The molecule has 2 atom stereocenters. The third kappa shape index (κ3) is 0.943. The van der Waals surface area contributed by atoms with Crippen LogP contribution in [0.5, 0.6) is 0 Å². The highest BCUT2D eigenvalue weighted by atomic mass is 16.1. The monoisotopic (exact) mass is 126 g/mol. The second-order valence-electron chi connectivity index (χ2n) is 2.29. The van der Waals surface area contributed by atoms with Crippen LogP contribution >= 0.6 is 0 Å². The molecule has 0 aromatic rings. The van der Waals surface area contributed by atoms with E-state index in [0.717, 1.165) is 6.29 Å². The van der Waals surface area contributed by atoms with Crippen molar-refractivity contribution in [2.45, 2.75) is 13.0 Å². The predicted molar refractivity (Wildman–Crippen MR) is 35.3 cm³/mol. The van der Waals surface area contributed by atoms with Crippen molar-refractivity contribution in [1.82, 2.24) is 5.01 Å². The second-order valence-corrected chi connectivity index (χ2v) is 2.29. The highest BCUT2D eigenvalue weighted by Gasteiger charge is 2.22. The Bertz CT molecular complexity index is 144. The molecule has 0 spiro atoms. The largest absolute Gasteiger partial charge is 0.303 e. The van der Waals surface area contributed by atoms with E-state index in [0.29, 0.717) is 0 Å². The van der Waals surface area contributed by atoms with Gasteiger partial charge in [-0.3, -0.25) is 5.01 Å². The molecule has 0 radical (unpaired) electrons. The van der Waals surface area contributed by atoms with Crippen molar-refractivity contribution in [3.8, 4) is 0 Å². The lowest BCUT2D eigenvalue weighted by Crippen LogP contribution is -2.26. The molecule has 1 heterocycles. The number of carbonyl (C=O) groups excluding carboxylic acids is 1. The van der Waals surface area contributed by atoms with Crippen molar-refractivity contribution in [3.05, 3.63) is 0 Å². The van der Waals surface area contributed by atoms with Gasteiger partial charge >= 0.3 is 0 Å². The molecule has 0 aliphatic carbocycles. The minimum absolute atomic E-state index is 0.00463. The number of hydrazone groups is 1. The summed E-state index contributed by atoms with van der Waals surface area (Å²) >= 11 is 0. The molecule has 0 bridgehead atoms. The summed E-state index contributed by atoms with van der Waals surface area (Å²) in [5, 5.41) is 5.74. The van der Waals surface area contributed by atoms with E-state index in [-0.39, 0.29) is 12.0 Å². The van der Waals surface area contributed by atoms with E-state index in [1.165, 1.54) is 0 Å². The van der Waals surface area contributed by atoms with Crippen LogP contribution in [-0.2, 0) is 4.79 Å². The van der Waals surface area contributed by atoms with Gasteiger partial charge in [-0.25, -0.2) is 0 Å². The molecule has 0 amide bonds. The standard InChI is InChI=1S/C6H10N2O/c1-5-6(4-9)3-7-8(5)2/h3-6H,1-2H3. The van der Waals surface area contributed by atoms with Gasteiger partial charge < -0.3 is 4.79 Å². The van der Waals surface area contributed by atoms with Crippen molar-refractivity contribution in [1.29, 1.82) is 0 Å². The summed E-state index contributed by atoms with van der Waals surface area (Å²) in [5.74, 6) is -0.00463. The van der Waals surface area contributed by atoms with Crippen LogP contribution in [0.1, 0.15) is 6.92 Å². The van der Waals surface area contributed by atoms with Crippen LogP contribution in [0.3, 0.4) is 0 Å². The van der Waals surface area contributed by atoms with Crippen LogP contribution in [-0.4, -0.2) is 30.6 Å². The fraction of sp³-hybridized carbons (Fsp3) is 0.667. The Morgan fingerprint density at radius 3 is 2.67 bits per heavy atom.